The van der Waals surface area contributed by atoms with Gasteiger partial charge < -0.3 is 24.9 Å². The summed E-state index contributed by atoms with van der Waals surface area (Å²) >= 11 is 4.87. The lowest BCUT2D eigenvalue weighted by molar-refractivity contribution is -0.179. The summed E-state index contributed by atoms with van der Waals surface area (Å²) in [5.41, 5.74) is 1.77. The summed E-state index contributed by atoms with van der Waals surface area (Å²) in [5.74, 6) is -2.18. The molecule has 5 aromatic carbocycles. The van der Waals surface area contributed by atoms with Gasteiger partial charge in [-0.1, -0.05) is 179 Å². The number of rotatable bonds is 16. The first-order valence-corrected chi connectivity index (χ1v) is 25.4. The first kappa shape index (κ1) is 48.2. The van der Waals surface area contributed by atoms with Gasteiger partial charge in [-0.2, -0.15) is 0 Å². The zero-order chi connectivity index (χ0) is 48.1. The smallest absolute Gasteiger partial charge is 0.356 e. The van der Waals surface area contributed by atoms with Crippen molar-refractivity contribution in [3.8, 4) is 0 Å². The van der Waals surface area contributed by atoms with Crippen LogP contribution in [0.1, 0.15) is 74.2 Å². The molecule has 2 amide bonds. The fourth-order valence-electron chi connectivity index (χ4n) is 7.92. The molecule has 8 rings (SSSR count). The van der Waals surface area contributed by atoms with E-state index in [1.165, 1.54) is 41.8 Å². The molecular weight excluding hydrogens is 1010 g/mol. The number of ether oxygens (including phenoxy) is 2. The molecule has 3 heterocycles. The minimum Gasteiger partial charge on any atom is -0.457 e. The summed E-state index contributed by atoms with van der Waals surface area (Å²) in [5, 5.41) is 12.4. The summed E-state index contributed by atoms with van der Waals surface area (Å²) in [4.78, 5) is 68.8. The Bertz CT molecular complexity index is 2680. The molecule has 1 fully saturated rings. The Morgan fingerprint density at radius 2 is 1.28 bits per heavy atom. The number of hydrogen-bond acceptors (Lipinski definition) is 12. The number of benzene rings is 5. The predicted molar refractivity (Wildman–Crippen MR) is 274 cm³/mol. The Balaban J connectivity index is 1.10. The number of β-lactam (4-membered cyclic amide) rings is 1. The lowest BCUT2D eigenvalue weighted by Gasteiger charge is -2.49. The van der Waals surface area contributed by atoms with Crippen LogP contribution in [-0.2, 0) is 39.0 Å². The molecule has 1 saturated heterocycles. The van der Waals surface area contributed by atoms with Gasteiger partial charge in [-0.05, 0) is 68.0 Å². The van der Waals surface area contributed by atoms with Crippen LogP contribution in [-0.4, -0.2) is 72.1 Å². The van der Waals surface area contributed by atoms with Crippen LogP contribution in [0.15, 0.2) is 173 Å². The van der Waals surface area contributed by atoms with Gasteiger partial charge in [0.25, 0.3) is 11.8 Å². The number of amides is 2. The summed E-state index contributed by atoms with van der Waals surface area (Å²) in [6, 6.07) is 47.9. The lowest BCUT2D eigenvalue weighted by atomic mass is 9.77. The van der Waals surface area contributed by atoms with Gasteiger partial charge in [0.15, 0.2) is 16.9 Å². The third-order valence-electron chi connectivity index (χ3n) is 11.3. The predicted octanol–water partition coefficient (Wildman–Crippen LogP) is 9.81. The molecule has 2 N–H and O–H groups in total. The number of nitrogens with one attached hydrogen (secondary N) is 2. The van der Waals surface area contributed by atoms with Gasteiger partial charge in [-0.3, -0.25) is 14.5 Å². The van der Waals surface area contributed by atoms with Gasteiger partial charge in [0.05, 0.1) is 0 Å². The van der Waals surface area contributed by atoms with Crippen molar-refractivity contribution in [1.82, 2.24) is 15.2 Å². The average Bonchev–Trinajstić information content (AvgIpc) is 3.82. The number of nitrogens with zero attached hydrogens (tertiary/aromatic N) is 3. The quantitative estimate of drug-likeness (QED) is 0.0183. The number of alkyl halides is 1. The van der Waals surface area contributed by atoms with E-state index in [0.717, 1.165) is 33.4 Å². The number of carbonyl (C=O) groups is 4. The first-order valence-electron chi connectivity index (χ1n) is 21.9. The van der Waals surface area contributed by atoms with Crippen molar-refractivity contribution in [1.29, 1.82) is 0 Å². The van der Waals surface area contributed by atoms with Crippen molar-refractivity contribution < 1.29 is 33.5 Å². The van der Waals surface area contributed by atoms with Crippen LogP contribution in [0.25, 0.3) is 0 Å². The zero-order valence-corrected chi connectivity index (χ0v) is 41.8. The Labute approximate surface area is 417 Å². The summed E-state index contributed by atoms with van der Waals surface area (Å²) in [6.45, 7) is 8.20. The number of thioether (sulfide) groups is 1. The maximum Gasteiger partial charge on any atom is 0.356 e. The van der Waals surface area contributed by atoms with E-state index in [1.54, 1.807) is 26.2 Å². The molecule has 0 radical (unpaired) electrons. The minimum atomic E-state index is -1.63. The SMILES string of the molecule is CC(C)(C)OC(=O)C(C)(C)O/N=C(/C(=O)NC1C(=O)N2C(C(=O)OC(c3ccccc3)c3ccccc3)=C(CI)CS[C@H]12)c1csc(NC(c2ccccc2)(c2ccccc2)c2ccccc2)n1. The van der Waals surface area contributed by atoms with Crippen molar-refractivity contribution in [3.05, 3.63) is 202 Å². The van der Waals surface area contributed by atoms with E-state index in [1.807, 2.05) is 152 Å². The van der Waals surface area contributed by atoms with Crippen molar-refractivity contribution in [2.75, 3.05) is 15.5 Å². The molecule has 348 valence electrons. The second-order valence-corrected chi connectivity index (χ2v) is 20.3. The fraction of sp³-hybridized carbons (Fsp3) is 0.245. The van der Waals surface area contributed by atoms with E-state index in [2.05, 4.69) is 38.4 Å². The molecule has 6 aromatic rings. The number of hydrogen-bond donors (Lipinski definition) is 2. The van der Waals surface area contributed by atoms with Crippen LogP contribution < -0.4 is 10.6 Å². The van der Waals surface area contributed by atoms with E-state index < -0.39 is 58.0 Å². The van der Waals surface area contributed by atoms with E-state index >= 15 is 0 Å². The summed E-state index contributed by atoms with van der Waals surface area (Å²) in [6.07, 6.45) is -0.729. The van der Waals surface area contributed by atoms with Crippen LogP contribution in [0.4, 0.5) is 5.13 Å². The largest absolute Gasteiger partial charge is 0.457 e. The van der Waals surface area contributed by atoms with Crippen molar-refractivity contribution in [2.24, 2.45) is 5.16 Å². The molecule has 0 spiro atoms. The first-order chi connectivity index (χ1) is 32.7. The molecule has 2 atom stereocenters. The molecule has 0 saturated carbocycles. The Kier molecular flexibility index (Phi) is 14.5. The topological polar surface area (TPSA) is 149 Å². The van der Waals surface area contributed by atoms with Gasteiger partial charge >= 0.3 is 11.9 Å². The summed E-state index contributed by atoms with van der Waals surface area (Å²) < 4.78 is 12.4. The van der Waals surface area contributed by atoms with Gasteiger partial charge in [0.1, 0.15) is 33.9 Å². The molecule has 2 aliphatic rings. The van der Waals surface area contributed by atoms with Gasteiger partial charge in [0, 0.05) is 15.6 Å². The third-order valence-corrected chi connectivity index (χ3v) is 14.3. The van der Waals surface area contributed by atoms with Crippen molar-refractivity contribution >= 4 is 80.3 Å². The highest BCUT2D eigenvalue weighted by Gasteiger charge is 2.55. The van der Waals surface area contributed by atoms with E-state index in [4.69, 9.17) is 19.3 Å². The maximum absolute atomic E-state index is 14.7. The van der Waals surface area contributed by atoms with Crippen molar-refractivity contribution in [3.63, 3.8) is 0 Å². The standard InChI is InChI=1S/C53H50IN5O7S2/c1-51(2,3)65-49(63)52(4,5)66-58-41(40-33-68-50(55-40)57-53(37-25-15-8-16-26-37,38-27-17-9-18-28-38)39-29-19-10-20-30-39)45(60)56-42-46(61)59-43(36(31-54)32-67-47(42)59)48(62)64-44(34-21-11-6-12-22-34)35-23-13-7-14-24-35/h6-30,33,42,44,47H,31-32H2,1-5H3,(H,55,57)(H,56,60)/b58-41+/t42?,47-/m1/s1. The number of aromatic nitrogens is 1. The molecular formula is C53H50IN5O7S2. The Morgan fingerprint density at radius 3 is 1.76 bits per heavy atom. The second-order valence-electron chi connectivity index (χ2n) is 17.6. The monoisotopic (exact) mass is 1060 g/mol. The Morgan fingerprint density at radius 1 is 0.779 bits per heavy atom. The van der Waals surface area contributed by atoms with Crippen molar-refractivity contribution in [2.45, 2.75) is 68.9 Å². The van der Waals surface area contributed by atoms with Gasteiger partial charge in [0.2, 0.25) is 5.60 Å². The molecule has 12 nitrogen and oxygen atoms in total. The third kappa shape index (κ3) is 10.2. The molecule has 68 heavy (non-hydrogen) atoms. The van der Waals surface area contributed by atoms with Crippen LogP contribution in [0.3, 0.4) is 0 Å². The number of halogens is 1. The van der Waals surface area contributed by atoms with E-state index in [0.29, 0.717) is 15.3 Å². The van der Waals surface area contributed by atoms with E-state index in [9.17, 15) is 19.2 Å². The van der Waals surface area contributed by atoms with Crippen LogP contribution in [0.2, 0.25) is 0 Å². The highest BCUT2D eigenvalue weighted by molar-refractivity contribution is 14.1. The molecule has 2 aliphatic heterocycles. The van der Waals surface area contributed by atoms with Gasteiger partial charge in [-0.25, -0.2) is 14.6 Å². The zero-order valence-electron chi connectivity index (χ0n) is 38.1. The number of fused-ring (bicyclic) bond motifs is 1. The molecule has 1 aromatic heterocycles. The fourth-order valence-corrected chi connectivity index (χ4v) is 11.0. The van der Waals surface area contributed by atoms with Crippen LogP contribution >= 0.6 is 45.7 Å². The lowest BCUT2D eigenvalue weighted by Crippen LogP contribution is -2.71. The maximum atomic E-state index is 14.7. The average molecular weight is 1060 g/mol. The molecule has 1 unspecified atom stereocenters. The van der Waals surface area contributed by atoms with E-state index in [-0.39, 0.29) is 17.1 Å². The number of anilines is 1. The van der Waals surface area contributed by atoms with Crippen LogP contribution in [0, 0.1) is 0 Å². The minimum absolute atomic E-state index is 0.127. The summed E-state index contributed by atoms with van der Waals surface area (Å²) in [7, 11) is 0. The molecule has 0 aliphatic carbocycles. The Hall–Kier alpha value is -6.30. The number of carbonyl (C=O) groups excluding carboxylic acids is 4. The number of oxime groups is 1. The highest BCUT2D eigenvalue weighted by atomic mass is 127. The number of esters is 2. The van der Waals surface area contributed by atoms with Gasteiger partial charge in [-0.15, -0.1) is 23.1 Å². The van der Waals surface area contributed by atoms with Crippen LogP contribution in [0.5, 0.6) is 0 Å². The highest BCUT2D eigenvalue weighted by Crippen LogP contribution is 2.43. The normalized spacial score (nSPS) is 16.4. The second kappa shape index (κ2) is 20.5. The molecule has 0 bridgehead atoms. The number of thiazole rings is 1. The molecule has 15 heteroatoms.